The second-order valence-electron chi connectivity index (χ2n) is 9.56. The quantitative estimate of drug-likeness (QED) is 0.408. The van der Waals surface area contributed by atoms with Crippen molar-refractivity contribution in [3.8, 4) is 16.9 Å². The van der Waals surface area contributed by atoms with Gasteiger partial charge >= 0.3 is 0 Å². The lowest BCUT2D eigenvalue weighted by atomic mass is 10.0. The van der Waals surface area contributed by atoms with Crippen molar-refractivity contribution in [1.82, 2.24) is 10.0 Å². The minimum Gasteiger partial charge on any atom is -0.497 e. The van der Waals surface area contributed by atoms with Crippen molar-refractivity contribution < 1.29 is 31.9 Å². The molecule has 1 aliphatic heterocycles. The lowest BCUT2D eigenvalue weighted by molar-refractivity contribution is -0.201. The minimum atomic E-state index is -3.88. The van der Waals surface area contributed by atoms with E-state index in [4.69, 9.17) is 14.3 Å². The van der Waals surface area contributed by atoms with E-state index < -0.39 is 32.6 Å². The van der Waals surface area contributed by atoms with Crippen LogP contribution in [0, 0.1) is 5.82 Å². The molecular weight excluding hydrogens is 515 g/mol. The maximum atomic E-state index is 14.6. The van der Waals surface area contributed by atoms with Gasteiger partial charge in [0.1, 0.15) is 11.6 Å². The van der Waals surface area contributed by atoms with E-state index in [1.54, 1.807) is 36.4 Å². The number of aromatic nitrogens is 1. The van der Waals surface area contributed by atoms with Gasteiger partial charge in [-0.1, -0.05) is 6.07 Å². The van der Waals surface area contributed by atoms with Crippen LogP contribution in [0.25, 0.3) is 21.9 Å². The number of fused-ring (bicyclic) bond motifs is 1. The SMILES string of the molecule is COc1ccc(-c2ccc3c(=O)n(CC[C@](C)(C(=O)NOC4CCCCO4)S(C)(=O)=O)ccc3c2)c(F)c1. The smallest absolute Gasteiger partial charge is 0.264 e. The topological polar surface area (TPSA) is 113 Å². The first kappa shape index (κ1) is 27.7. The normalized spacial score (nSPS) is 17.6. The van der Waals surface area contributed by atoms with E-state index in [9.17, 15) is 22.4 Å². The van der Waals surface area contributed by atoms with Crippen LogP contribution in [0.3, 0.4) is 0 Å². The molecule has 0 spiro atoms. The van der Waals surface area contributed by atoms with Crippen LogP contribution in [-0.4, -0.2) is 49.9 Å². The summed E-state index contributed by atoms with van der Waals surface area (Å²) < 4.78 is 49.8. The van der Waals surface area contributed by atoms with Gasteiger partial charge in [0.25, 0.3) is 11.5 Å². The number of rotatable bonds is 9. The third-order valence-corrected chi connectivity index (χ3v) is 9.04. The van der Waals surface area contributed by atoms with Gasteiger partial charge in [0.15, 0.2) is 20.9 Å². The number of amides is 1. The number of hydrogen-bond donors (Lipinski definition) is 1. The number of ether oxygens (including phenoxy) is 2. The fourth-order valence-corrected chi connectivity index (χ4v) is 5.16. The Balaban J connectivity index is 1.54. The molecule has 9 nitrogen and oxygen atoms in total. The number of sulfone groups is 1. The molecule has 1 amide bonds. The molecule has 1 N–H and O–H groups in total. The number of hydroxylamine groups is 1. The van der Waals surface area contributed by atoms with Crippen molar-refractivity contribution in [2.24, 2.45) is 0 Å². The summed E-state index contributed by atoms with van der Waals surface area (Å²) in [7, 11) is -2.42. The Labute approximate surface area is 220 Å². The average molecular weight is 547 g/mol. The Hall–Kier alpha value is -3.28. The zero-order valence-electron chi connectivity index (χ0n) is 21.5. The molecule has 38 heavy (non-hydrogen) atoms. The standard InChI is InChI=1S/C27H31FN2O7S/c1-27(38(3,33)34,26(32)29-37-24-6-4-5-15-36-24)12-14-30-13-11-19-16-18(7-9-22(19)25(30)31)21-10-8-20(35-2)17-23(21)28/h7-11,13,16-17,24H,4-6,12,14-15H2,1-3H3,(H,29,32)/t24?,27-/m1/s1. The summed E-state index contributed by atoms with van der Waals surface area (Å²) in [6.45, 7) is 1.79. The summed E-state index contributed by atoms with van der Waals surface area (Å²) in [5.74, 6) is -0.873. The predicted molar refractivity (Wildman–Crippen MR) is 141 cm³/mol. The average Bonchev–Trinajstić information content (AvgIpc) is 2.90. The monoisotopic (exact) mass is 546 g/mol. The Morgan fingerprint density at radius 1 is 1.21 bits per heavy atom. The summed E-state index contributed by atoms with van der Waals surface area (Å²) in [6, 6.07) is 11.2. The number of nitrogens with zero attached hydrogens (tertiary/aromatic N) is 1. The van der Waals surface area contributed by atoms with Crippen molar-refractivity contribution in [2.75, 3.05) is 20.0 Å². The number of methoxy groups -OCH3 is 1. The van der Waals surface area contributed by atoms with Crippen molar-refractivity contribution >= 4 is 26.5 Å². The zero-order valence-corrected chi connectivity index (χ0v) is 22.3. The van der Waals surface area contributed by atoms with Crippen molar-refractivity contribution in [2.45, 2.75) is 50.2 Å². The van der Waals surface area contributed by atoms with Crippen LogP contribution in [-0.2, 0) is 30.8 Å². The van der Waals surface area contributed by atoms with Gasteiger partial charge in [0.2, 0.25) is 0 Å². The lowest BCUT2D eigenvalue weighted by Gasteiger charge is -2.28. The largest absolute Gasteiger partial charge is 0.497 e. The predicted octanol–water partition coefficient (Wildman–Crippen LogP) is 3.58. The van der Waals surface area contributed by atoms with Gasteiger partial charge in [-0.3, -0.25) is 9.59 Å². The van der Waals surface area contributed by atoms with E-state index in [1.807, 2.05) is 0 Å². The second-order valence-corrected chi connectivity index (χ2v) is 12.0. The molecule has 2 atom stereocenters. The third kappa shape index (κ3) is 5.74. The van der Waals surface area contributed by atoms with Crippen molar-refractivity contribution in [3.05, 3.63) is 64.8 Å². The number of nitrogens with one attached hydrogen (secondary N) is 1. The van der Waals surface area contributed by atoms with Gasteiger partial charge in [0.05, 0.1) is 7.11 Å². The molecule has 1 aromatic heterocycles. The Bertz CT molecular complexity index is 1500. The zero-order chi connectivity index (χ0) is 27.5. The van der Waals surface area contributed by atoms with Gasteiger partial charge in [-0.2, -0.15) is 0 Å². The van der Waals surface area contributed by atoms with Crippen LogP contribution >= 0.6 is 0 Å². The molecule has 1 aliphatic rings. The first-order valence-electron chi connectivity index (χ1n) is 12.3. The number of carbonyl (C=O) groups excluding carboxylic acids is 1. The highest BCUT2D eigenvalue weighted by atomic mass is 32.2. The van der Waals surface area contributed by atoms with Gasteiger partial charge < -0.3 is 14.0 Å². The number of aryl methyl sites for hydroxylation is 1. The van der Waals surface area contributed by atoms with E-state index in [1.165, 1.54) is 30.9 Å². The molecule has 3 aromatic rings. The van der Waals surface area contributed by atoms with Crippen molar-refractivity contribution in [3.63, 3.8) is 0 Å². The van der Waals surface area contributed by atoms with E-state index >= 15 is 0 Å². The molecule has 0 radical (unpaired) electrons. The molecule has 2 aromatic carbocycles. The summed E-state index contributed by atoms with van der Waals surface area (Å²) in [4.78, 5) is 31.4. The first-order valence-corrected chi connectivity index (χ1v) is 14.2. The van der Waals surface area contributed by atoms with Crippen LogP contribution < -0.4 is 15.8 Å². The lowest BCUT2D eigenvalue weighted by Crippen LogP contribution is -2.51. The first-order chi connectivity index (χ1) is 18.0. The second kappa shape index (κ2) is 11.2. The van der Waals surface area contributed by atoms with Crippen LogP contribution in [0.4, 0.5) is 4.39 Å². The Morgan fingerprint density at radius 2 is 2.00 bits per heavy atom. The fraction of sp³-hybridized carbons (Fsp3) is 0.407. The summed E-state index contributed by atoms with van der Waals surface area (Å²) in [5.41, 5.74) is 2.85. The highest BCUT2D eigenvalue weighted by Gasteiger charge is 2.44. The minimum absolute atomic E-state index is 0.0272. The number of halogens is 1. The maximum Gasteiger partial charge on any atom is 0.264 e. The molecule has 0 aliphatic carbocycles. The van der Waals surface area contributed by atoms with Crippen LogP contribution in [0.1, 0.15) is 32.6 Å². The van der Waals surface area contributed by atoms with Crippen molar-refractivity contribution in [1.29, 1.82) is 0 Å². The van der Waals surface area contributed by atoms with E-state index in [0.717, 1.165) is 19.1 Å². The Kier molecular flexibility index (Phi) is 8.19. The highest BCUT2D eigenvalue weighted by molar-refractivity contribution is 7.92. The molecule has 0 saturated carbocycles. The molecule has 2 heterocycles. The van der Waals surface area contributed by atoms with Crippen LogP contribution in [0.5, 0.6) is 5.75 Å². The molecule has 1 fully saturated rings. The molecule has 4 rings (SSSR count). The molecule has 204 valence electrons. The molecule has 1 unspecified atom stereocenters. The third-order valence-electron chi connectivity index (χ3n) is 7.01. The number of hydrogen-bond acceptors (Lipinski definition) is 7. The van der Waals surface area contributed by atoms with Crippen LogP contribution in [0.15, 0.2) is 53.5 Å². The van der Waals surface area contributed by atoms with Gasteiger partial charge in [-0.15, -0.1) is 0 Å². The van der Waals surface area contributed by atoms with Crippen LogP contribution in [0.2, 0.25) is 0 Å². The van der Waals surface area contributed by atoms with E-state index in [0.29, 0.717) is 40.7 Å². The molecule has 0 bridgehead atoms. The number of carbonyl (C=O) groups is 1. The maximum absolute atomic E-state index is 14.6. The van der Waals surface area contributed by atoms with E-state index in [-0.39, 0.29) is 18.5 Å². The number of pyridine rings is 1. The fourth-order valence-electron chi connectivity index (χ4n) is 4.32. The van der Waals surface area contributed by atoms with Gasteiger partial charge in [0, 0.05) is 49.0 Å². The molecule has 1 saturated heterocycles. The van der Waals surface area contributed by atoms with E-state index in [2.05, 4.69) is 5.48 Å². The summed E-state index contributed by atoms with van der Waals surface area (Å²) in [5, 5.41) is 0.983. The Morgan fingerprint density at radius 3 is 2.66 bits per heavy atom. The number of benzene rings is 2. The summed E-state index contributed by atoms with van der Waals surface area (Å²) in [6.07, 6.45) is 4.09. The highest BCUT2D eigenvalue weighted by Crippen LogP contribution is 2.28. The molecular formula is C27H31FN2O7S. The van der Waals surface area contributed by atoms with Gasteiger partial charge in [-0.25, -0.2) is 23.1 Å². The molecule has 11 heteroatoms. The van der Waals surface area contributed by atoms with Gasteiger partial charge in [-0.05, 0) is 67.5 Å². The summed E-state index contributed by atoms with van der Waals surface area (Å²) >= 11 is 0.